The second-order valence-electron chi connectivity index (χ2n) is 3.99. The number of hydrogen-bond donors (Lipinski definition) is 2. The first kappa shape index (κ1) is 12.5. The van der Waals surface area contributed by atoms with E-state index in [1.165, 1.54) is 17.6 Å². The Morgan fingerprint density at radius 1 is 1.58 bits per heavy atom. The van der Waals surface area contributed by atoms with E-state index in [1.54, 1.807) is 11.3 Å². The Balaban J connectivity index is 1.74. The lowest BCUT2D eigenvalue weighted by Gasteiger charge is -2.08. The first-order valence-corrected chi connectivity index (χ1v) is 7.70. The molecule has 1 amide bonds. The minimum absolute atomic E-state index is 0.164. The van der Waals surface area contributed by atoms with Gasteiger partial charge in [-0.05, 0) is 23.8 Å². The number of fused-ring (bicyclic) bond motifs is 1. The van der Waals surface area contributed by atoms with Crippen LogP contribution in [0.2, 0.25) is 0 Å². The summed E-state index contributed by atoms with van der Waals surface area (Å²) in [5.74, 6) is 2.26. The molecule has 2 N–H and O–H groups in total. The molecule has 6 nitrogen and oxygen atoms in total. The molecule has 0 radical (unpaired) electrons. The van der Waals surface area contributed by atoms with E-state index in [-0.39, 0.29) is 11.9 Å². The fourth-order valence-electron chi connectivity index (χ4n) is 1.82. The Bertz CT molecular complexity index is 584. The number of anilines is 1. The molecule has 1 aliphatic heterocycles. The molecule has 0 bridgehead atoms. The van der Waals surface area contributed by atoms with Gasteiger partial charge >= 0.3 is 6.01 Å². The van der Waals surface area contributed by atoms with Crippen molar-refractivity contribution in [3.63, 3.8) is 0 Å². The number of carbonyl (C=O) groups is 1. The minimum atomic E-state index is -0.164. The number of nitrogens with zero attached hydrogens (tertiary/aromatic N) is 2. The highest BCUT2D eigenvalue weighted by molar-refractivity contribution is 7.98. The summed E-state index contributed by atoms with van der Waals surface area (Å²) in [5, 5.41) is 9.05. The maximum Gasteiger partial charge on any atom is 0.336 e. The van der Waals surface area contributed by atoms with E-state index in [4.69, 9.17) is 4.74 Å². The van der Waals surface area contributed by atoms with Crippen LogP contribution in [0, 0.1) is 0 Å². The van der Waals surface area contributed by atoms with Gasteiger partial charge in [-0.2, -0.15) is 16.7 Å². The van der Waals surface area contributed by atoms with Crippen molar-refractivity contribution in [3.05, 3.63) is 21.4 Å². The van der Waals surface area contributed by atoms with Crippen LogP contribution in [0.4, 0.5) is 5.95 Å². The molecule has 2 aromatic rings. The van der Waals surface area contributed by atoms with E-state index in [9.17, 15) is 4.79 Å². The smallest absolute Gasteiger partial charge is 0.336 e. The molecular formula is C11H12N4O2S2. The van der Waals surface area contributed by atoms with Gasteiger partial charge in [0.2, 0.25) is 5.95 Å². The summed E-state index contributed by atoms with van der Waals surface area (Å²) in [5.41, 5.74) is 1.28. The first-order chi connectivity index (χ1) is 9.26. The molecule has 0 saturated carbocycles. The van der Waals surface area contributed by atoms with Gasteiger partial charge < -0.3 is 4.74 Å². The third kappa shape index (κ3) is 2.59. The van der Waals surface area contributed by atoms with Gasteiger partial charge in [0.15, 0.2) is 0 Å². The van der Waals surface area contributed by atoms with Crippen molar-refractivity contribution in [2.75, 3.05) is 18.2 Å². The number of rotatable bonds is 3. The first-order valence-electron chi connectivity index (χ1n) is 5.73. The van der Waals surface area contributed by atoms with Crippen LogP contribution in [0.25, 0.3) is 0 Å². The van der Waals surface area contributed by atoms with Crippen LogP contribution in [0.1, 0.15) is 20.1 Å². The molecule has 3 heterocycles. The van der Waals surface area contributed by atoms with Crippen molar-refractivity contribution in [2.45, 2.75) is 12.2 Å². The Morgan fingerprint density at radius 2 is 2.47 bits per heavy atom. The summed E-state index contributed by atoms with van der Waals surface area (Å²) in [4.78, 5) is 18.1. The number of carbonyl (C=O) groups excluding carboxylic acids is 1. The topological polar surface area (TPSA) is 79.9 Å². The third-order valence-electron chi connectivity index (χ3n) is 2.73. The largest absolute Gasteiger partial charge is 0.466 e. The number of nitrogens with one attached hydrogen (secondary N) is 2. The van der Waals surface area contributed by atoms with E-state index >= 15 is 0 Å². The molecular weight excluding hydrogens is 284 g/mol. The predicted octanol–water partition coefficient (Wildman–Crippen LogP) is 1.92. The predicted molar refractivity (Wildman–Crippen MR) is 75.1 cm³/mol. The van der Waals surface area contributed by atoms with E-state index in [2.05, 4.69) is 20.5 Å². The minimum Gasteiger partial charge on any atom is -0.466 e. The molecule has 0 fully saturated rings. The Hall–Kier alpha value is -1.54. The number of aromatic amines is 1. The van der Waals surface area contributed by atoms with Crippen LogP contribution in [-0.2, 0) is 12.2 Å². The van der Waals surface area contributed by atoms with E-state index in [1.807, 2.05) is 17.8 Å². The second-order valence-corrected chi connectivity index (χ2v) is 6.23. The maximum atomic E-state index is 12.1. The zero-order chi connectivity index (χ0) is 13.2. The standard InChI is InChI=1S/C11H12N4O2S2/c1-17-11-13-10(14-15-11)12-9(16)8-4-6-5-18-3-2-7(6)19-8/h4H,2-3,5H2,1H3,(H2,12,13,14,15,16). The van der Waals surface area contributed by atoms with Gasteiger partial charge in [-0.3, -0.25) is 10.1 Å². The highest BCUT2D eigenvalue weighted by Gasteiger charge is 2.18. The van der Waals surface area contributed by atoms with Crippen LogP contribution in [-0.4, -0.2) is 34.0 Å². The second kappa shape index (κ2) is 5.22. The van der Waals surface area contributed by atoms with Crippen molar-refractivity contribution in [2.24, 2.45) is 0 Å². The zero-order valence-corrected chi connectivity index (χ0v) is 11.9. The highest BCUT2D eigenvalue weighted by atomic mass is 32.2. The number of ether oxygens (including phenoxy) is 1. The summed E-state index contributed by atoms with van der Waals surface area (Å²) >= 11 is 3.46. The average Bonchev–Trinajstić information content (AvgIpc) is 3.04. The van der Waals surface area contributed by atoms with Gasteiger partial charge in [-0.1, -0.05) is 0 Å². The molecule has 2 aromatic heterocycles. The highest BCUT2D eigenvalue weighted by Crippen LogP contribution is 2.31. The van der Waals surface area contributed by atoms with Gasteiger partial charge in [0.1, 0.15) is 0 Å². The lowest BCUT2D eigenvalue weighted by atomic mass is 10.2. The summed E-state index contributed by atoms with van der Waals surface area (Å²) < 4.78 is 4.84. The fraction of sp³-hybridized carbons (Fsp3) is 0.364. The lowest BCUT2D eigenvalue weighted by Crippen LogP contribution is -2.11. The number of aryl methyl sites for hydroxylation is 1. The summed E-state index contributed by atoms with van der Waals surface area (Å²) in [6.07, 6.45) is 1.05. The molecule has 1 aliphatic rings. The third-order valence-corrected chi connectivity index (χ3v) is 4.97. The van der Waals surface area contributed by atoms with Gasteiger partial charge in [-0.15, -0.1) is 16.4 Å². The fourth-order valence-corrected chi connectivity index (χ4v) is 4.09. The molecule has 0 aliphatic carbocycles. The Labute approximate surface area is 118 Å². The van der Waals surface area contributed by atoms with E-state index in [0.29, 0.717) is 10.8 Å². The number of aromatic nitrogens is 3. The molecule has 0 saturated heterocycles. The summed E-state index contributed by atoms with van der Waals surface area (Å²) in [6, 6.07) is 2.17. The monoisotopic (exact) mass is 296 g/mol. The quantitative estimate of drug-likeness (QED) is 0.904. The number of hydrogen-bond acceptors (Lipinski definition) is 6. The van der Waals surface area contributed by atoms with Crippen molar-refractivity contribution in [3.8, 4) is 6.01 Å². The molecule has 100 valence electrons. The molecule has 8 heteroatoms. The van der Waals surface area contributed by atoms with Crippen LogP contribution in [0.5, 0.6) is 6.01 Å². The van der Waals surface area contributed by atoms with Gasteiger partial charge in [0.25, 0.3) is 5.91 Å². The van der Waals surface area contributed by atoms with Crippen molar-refractivity contribution < 1.29 is 9.53 Å². The lowest BCUT2D eigenvalue weighted by molar-refractivity contribution is 0.102. The Kier molecular flexibility index (Phi) is 3.43. The number of methoxy groups -OCH3 is 1. The van der Waals surface area contributed by atoms with Gasteiger partial charge in [0, 0.05) is 10.6 Å². The SMILES string of the molecule is COc1n[nH]c(NC(=O)c2cc3c(s2)CCSC3)n1. The molecule has 0 aromatic carbocycles. The number of amides is 1. The van der Waals surface area contributed by atoms with E-state index in [0.717, 1.165) is 17.9 Å². The molecule has 19 heavy (non-hydrogen) atoms. The van der Waals surface area contributed by atoms with Crippen molar-refractivity contribution in [1.29, 1.82) is 0 Å². The molecule has 0 unspecified atom stereocenters. The molecule has 3 rings (SSSR count). The maximum absolute atomic E-state index is 12.1. The summed E-state index contributed by atoms with van der Waals surface area (Å²) in [6.45, 7) is 0. The number of thiophene rings is 1. The zero-order valence-electron chi connectivity index (χ0n) is 10.2. The van der Waals surface area contributed by atoms with Crippen LogP contribution in [0.15, 0.2) is 6.07 Å². The number of thioether (sulfide) groups is 1. The average molecular weight is 296 g/mol. The van der Waals surface area contributed by atoms with E-state index < -0.39 is 0 Å². The van der Waals surface area contributed by atoms with Crippen LogP contribution < -0.4 is 10.1 Å². The van der Waals surface area contributed by atoms with Crippen molar-refractivity contribution >= 4 is 35.0 Å². The number of H-pyrrole nitrogens is 1. The van der Waals surface area contributed by atoms with Gasteiger partial charge in [-0.25, -0.2) is 5.10 Å². The molecule has 0 spiro atoms. The normalized spacial score (nSPS) is 13.9. The summed E-state index contributed by atoms with van der Waals surface area (Å²) in [7, 11) is 1.47. The van der Waals surface area contributed by atoms with Crippen LogP contribution >= 0.6 is 23.1 Å². The Morgan fingerprint density at radius 3 is 3.21 bits per heavy atom. The van der Waals surface area contributed by atoms with Crippen molar-refractivity contribution in [1.82, 2.24) is 15.2 Å². The van der Waals surface area contributed by atoms with Crippen LogP contribution in [0.3, 0.4) is 0 Å². The molecule has 0 atom stereocenters. The van der Waals surface area contributed by atoms with Gasteiger partial charge in [0.05, 0.1) is 12.0 Å².